The van der Waals surface area contributed by atoms with Crippen LogP contribution in [0.5, 0.6) is 0 Å². The summed E-state index contributed by atoms with van der Waals surface area (Å²) in [5, 5.41) is 8.35. The van der Waals surface area contributed by atoms with Crippen molar-refractivity contribution in [2.45, 2.75) is 44.7 Å². The van der Waals surface area contributed by atoms with Gasteiger partial charge in [0.05, 0.1) is 0 Å². The fraction of sp³-hybridized carbons (Fsp3) is 0.625. The molecule has 4 aliphatic rings. The molecule has 7 nitrogen and oxygen atoms in total. The second-order valence-corrected chi connectivity index (χ2v) is 10.1. The van der Waals surface area contributed by atoms with Crippen LogP contribution in [0.15, 0.2) is 35.3 Å². The first-order valence-corrected chi connectivity index (χ1v) is 11.7. The highest BCUT2D eigenvalue weighted by Gasteiger charge is 2.40. The van der Waals surface area contributed by atoms with Crippen LogP contribution >= 0.6 is 0 Å². The number of likely N-dealkylation sites (tertiary alicyclic amines) is 1. The zero-order valence-electron chi connectivity index (χ0n) is 18.1. The Morgan fingerprint density at radius 2 is 2.00 bits per heavy atom. The van der Waals surface area contributed by atoms with Gasteiger partial charge >= 0.3 is 0 Å². The molecule has 0 amide bonds. The van der Waals surface area contributed by atoms with Gasteiger partial charge < -0.3 is 14.2 Å². The van der Waals surface area contributed by atoms with Crippen LogP contribution in [0.2, 0.25) is 0 Å². The van der Waals surface area contributed by atoms with Crippen molar-refractivity contribution in [3.63, 3.8) is 0 Å². The summed E-state index contributed by atoms with van der Waals surface area (Å²) in [5.74, 6) is 1.81. The van der Waals surface area contributed by atoms with Gasteiger partial charge in [0, 0.05) is 69.3 Å². The third-order valence-corrected chi connectivity index (χ3v) is 8.03. The minimum atomic E-state index is 0.230. The second-order valence-electron chi connectivity index (χ2n) is 10.1. The van der Waals surface area contributed by atoms with E-state index in [1.165, 1.54) is 25.0 Å². The summed E-state index contributed by atoms with van der Waals surface area (Å²) in [5.41, 5.74) is 2.80. The lowest BCUT2D eigenvalue weighted by atomic mass is 9.80. The molecule has 6 heterocycles. The molecule has 164 valence electrons. The number of anilines is 1. The van der Waals surface area contributed by atoms with Crippen molar-refractivity contribution in [1.82, 2.24) is 19.7 Å². The lowest BCUT2D eigenvalue weighted by molar-refractivity contribution is 0.0190. The third kappa shape index (κ3) is 3.57. The number of hydrogen-bond donors (Lipinski definition) is 0. The molecular weight excluding hydrogens is 390 g/mol. The van der Waals surface area contributed by atoms with Crippen LogP contribution in [0.1, 0.15) is 42.9 Å². The molecule has 6 rings (SSSR count). The number of pyridine rings is 1. The van der Waals surface area contributed by atoms with Crippen molar-refractivity contribution in [3.8, 4) is 0 Å². The molecule has 0 radical (unpaired) electrons. The number of aromatic nitrogens is 3. The van der Waals surface area contributed by atoms with E-state index >= 15 is 0 Å². The first kappa shape index (κ1) is 19.4. The first-order chi connectivity index (χ1) is 15.2. The predicted molar refractivity (Wildman–Crippen MR) is 118 cm³/mol. The maximum atomic E-state index is 13.4. The molecule has 7 heteroatoms. The molecule has 2 atom stereocenters. The van der Waals surface area contributed by atoms with Crippen molar-refractivity contribution in [2.75, 3.05) is 44.3 Å². The number of ether oxygens (including phenoxy) is 1. The molecule has 31 heavy (non-hydrogen) atoms. The standard InChI is InChI=1S/C24H31N5O2/c30-23-19(15-27-9-5-24(17-27)6-10-31-11-7-24)3-4-21-20-12-18(14-29(21)23)13-28(16-20)22-2-1-8-25-26-22/h1-4,8,18,20H,5-7,9-17H2/t18-,20+/m0/s1. The van der Waals surface area contributed by atoms with Crippen molar-refractivity contribution in [3.05, 3.63) is 52.1 Å². The van der Waals surface area contributed by atoms with Crippen LogP contribution in [0.3, 0.4) is 0 Å². The number of fused-ring (bicyclic) bond motifs is 4. The second kappa shape index (κ2) is 7.71. The number of rotatable bonds is 3. The summed E-state index contributed by atoms with van der Waals surface area (Å²) >= 11 is 0. The largest absolute Gasteiger partial charge is 0.381 e. The van der Waals surface area contributed by atoms with Gasteiger partial charge in [-0.25, -0.2) is 0 Å². The highest BCUT2D eigenvalue weighted by Crippen LogP contribution is 2.40. The van der Waals surface area contributed by atoms with E-state index in [-0.39, 0.29) is 5.56 Å². The van der Waals surface area contributed by atoms with E-state index in [1.54, 1.807) is 6.20 Å². The van der Waals surface area contributed by atoms with Crippen LogP contribution in [-0.4, -0.2) is 59.1 Å². The molecular formula is C24H31N5O2. The fourth-order valence-corrected chi connectivity index (χ4v) is 6.38. The molecule has 0 aromatic carbocycles. The van der Waals surface area contributed by atoms with Gasteiger partial charge in [-0.15, -0.1) is 5.10 Å². The Morgan fingerprint density at radius 1 is 1.10 bits per heavy atom. The van der Waals surface area contributed by atoms with Crippen molar-refractivity contribution in [2.24, 2.45) is 11.3 Å². The first-order valence-electron chi connectivity index (χ1n) is 11.7. The van der Waals surface area contributed by atoms with Crippen LogP contribution < -0.4 is 10.5 Å². The molecule has 0 unspecified atom stereocenters. The number of nitrogens with zero attached hydrogens (tertiary/aromatic N) is 5. The molecule has 0 saturated carbocycles. The molecule has 4 aliphatic heterocycles. The van der Waals surface area contributed by atoms with E-state index in [0.717, 1.165) is 70.3 Å². The van der Waals surface area contributed by atoms with E-state index in [1.807, 2.05) is 12.1 Å². The summed E-state index contributed by atoms with van der Waals surface area (Å²) in [7, 11) is 0. The Morgan fingerprint density at radius 3 is 2.84 bits per heavy atom. The van der Waals surface area contributed by atoms with Crippen molar-refractivity contribution in [1.29, 1.82) is 0 Å². The van der Waals surface area contributed by atoms with Gasteiger partial charge in [-0.1, -0.05) is 6.07 Å². The van der Waals surface area contributed by atoms with E-state index in [0.29, 0.717) is 17.3 Å². The smallest absolute Gasteiger partial charge is 0.255 e. The van der Waals surface area contributed by atoms with E-state index in [9.17, 15) is 4.79 Å². The number of piperidine rings is 1. The monoisotopic (exact) mass is 421 g/mol. The Balaban J connectivity index is 1.20. The topological polar surface area (TPSA) is 63.5 Å². The van der Waals surface area contributed by atoms with Crippen molar-refractivity contribution >= 4 is 5.82 Å². The Labute approximate surface area is 183 Å². The van der Waals surface area contributed by atoms with Gasteiger partial charge in [-0.05, 0) is 61.8 Å². The summed E-state index contributed by atoms with van der Waals surface area (Å²) in [6, 6.07) is 8.30. The third-order valence-electron chi connectivity index (χ3n) is 8.03. The van der Waals surface area contributed by atoms with Crippen molar-refractivity contribution < 1.29 is 4.74 Å². The van der Waals surface area contributed by atoms with Crippen LogP contribution in [0.25, 0.3) is 0 Å². The maximum Gasteiger partial charge on any atom is 0.255 e. The number of hydrogen-bond acceptors (Lipinski definition) is 6. The molecule has 0 aliphatic carbocycles. The van der Waals surface area contributed by atoms with Crippen LogP contribution in [-0.2, 0) is 17.8 Å². The van der Waals surface area contributed by atoms with Gasteiger partial charge in [0.15, 0.2) is 5.82 Å². The molecule has 0 N–H and O–H groups in total. The highest BCUT2D eigenvalue weighted by molar-refractivity contribution is 5.39. The molecule has 1 spiro atoms. The molecule has 2 aromatic heterocycles. The highest BCUT2D eigenvalue weighted by atomic mass is 16.5. The Hall–Kier alpha value is -2.25. The van der Waals surface area contributed by atoms with Gasteiger partial charge in [0.2, 0.25) is 0 Å². The summed E-state index contributed by atoms with van der Waals surface area (Å²) < 4.78 is 7.67. The zero-order valence-corrected chi connectivity index (χ0v) is 18.1. The van der Waals surface area contributed by atoms with Crippen LogP contribution in [0.4, 0.5) is 5.82 Å². The minimum Gasteiger partial charge on any atom is -0.381 e. The Kier molecular flexibility index (Phi) is 4.83. The van der Waals surface area contributed by atoms with Gasteiger partial charge in [0.25, 0.3) is 5.56 Å². The molecule has 3 fully saturated rings. The maximum absolute atomic E-state index is 13.4. The van der Waals surface area contributed by atoms with Gasteiger partial charge in [0.1, 0.15) is 0 Å². The summed E-state index contributed by atoms with van der Waals surface area (Å²) in [4.78, 5) is 18.3. The molecule has 2 bridgehead atoms. The average Bonchev–Trinajstić information content (AvgIpc) is 3.18. The van der Waals surface area contributed by atoms with Gasteiger partial charge in [-0.3, -0.25) is 9.69 Å². The van der Waals surface area contributed by atoms with E-state index in [2.05, 4.69) is 36.7 Å². The van der Waals surface area contributed by atoms with Crippen LogP contribution in [0, 0.1) is 11.3 Å². The minimum absolute atomic E-state index is 0.230. The fourth-order valence-electron chi connectivity index (χ4n) is 6.38. The SMILES string of the molecule is O=c1c(CN2CCC3(CCOCC3)C2)ccc2n1C[C@H]1C[C@@H]2CN(c2cccnn2)C1. The molecule has 3 saturated heterocycles. The van der Waals surface area contributed by atoms with Gasteiger partial charge in [-0.2, -0.15) is 5.10 Å². The normalized spacial score (nSPS) is 27.4. The average molecular weight is 422 g/mol. The lowest BCUT2D eigenvalue weighted by Gasteiger charge is -2.43. The van der Waals surface area contributed by atoms with E-state index < -0.39 is 0 Å². The zero-order chi connectivity index (χ0) is 20.8. The Bertz CT molecular complexity index is 1000. The summed E-state index contributed by atoms with van der Waals surface area (Å²) in [6.45, 7) is 7.44. The van der Waals surface area contributed by atoms with E-state index in [4.69, 9.17) is 4.74 Å². The quantitative estimate of drug-likeness (QED) is 0.758. The summed E-state index contributed by atoms with van der Waals surface area (Å²) in [6.07, 6.45) is 6.45. The predicted octanol–water partition coefficient (Wildman–Crippen LogP) is 2.26. The lowest BCUT2D eigenvalue weighted by Crippen LogP contribution is -2.48. The molecule has 2 aromatic rings.